The van der Waals surface area contributed by atoms with Crippen LogP contribution >= 0.6 is 11.6 Å². The highest BCUT2D eigenvalue weighted by molar-refractivity contribution is 6.32. The van der Waals surface area contributed by atoms with Crippen LogP contribution in [-0.4, -0.2) is 66.4 Å². The number of carbonyl (C=O) groups is 2. The number of aliphatic imine (C=N–C) groups is 1. The Morgan fingerprint density at radius 3 is 2.84 bits per heavy atom. The van der Waals surface area contributed by atoms with Gasteiger partial charge in [0.25, 0.3) is 5.91 Å². The van der Waals surface area contributed by atoms with Crippen LogP contribution in [-0.2, 0) is 16.0 Å². The van der Waals surface area contributed by atoms with Gasteiger partial charge in [-0.3, -0.25) is 19.6 Å². The summed E-state index contributed by atoms with van der Waals surface area (Å²) in [4.78, 5) is 35.3. The number of nitrogens with one attached hydrogen (secondary N) is 1. The molecule has 4 rings (SSSR count). The summed E-state index contributed by atoms with van der Waals surface area (Å²) in [7, 11) is 0. The highest BCUT2D eigenvalue weighted by atomic mass is 35.5. The predicted molar refractivity (Wildman–Crippen MR) is 149 cm³/mol. The number of morpholine rings is 1. The second kappa shape index (κ2) is 11.8. The van der Waals surface area contributed by atoms with Crippen LogP contribution < -0.4 is 10.1 Å². The predicted octanol–water partition coefficient (Wildman–Crippen LogP) is 4.40. The summed E-state index contributed by atoms with van der Waals surface area (Å²) < 4.78 is 11.5. The zero-order valence-electron chi connectivity index (χ0n) is 21.6. The first-order valence-electron chi connectivity index (χ1n) is 12.3. The van der Waals surface area contributed by atoms with Gasteiger partial charge in [0.05, 0.1) is 35.0 Å². The van der Waals surface area contributed by atoms with E-state index in [1.807, 2.05) is 30.9 Å². The summed E-state index contributed by atoms with van der Waals surface area (Å²) in [6.07, 6.45) is 8.15. The van der Waals surface area contributed by atoms with Crippen molar-refractivity contribution >= 4 is 30.1 Å². The van der Waals surface area contributed by atoms with E-state index in [4.69, 9.17) is 21.1 Å². The van der Waals surface area contributed by atoms with E-state index in [0.29, 0.717) is 54.8 Å². The van der Waals surface area contributed by atoms with Crippen molar-refractivity contribution in [2.24, 2.45) is 4.99 Å². The second-order valence-electron chi connectivity index (χ2n) is 9.73. The van der Waals surface area contributed by atoms with E-state index >= 15 is 0 Å². The van der Waals surface area contributed by atoms with Crippen LogP contribution in [0, 0.1) is 0 Å². The third-order valence-electron chi connectivity index (χ3n) is 6.46. The van der Waals surface area contributed by atoms with Crippen LogP contribution in [0.5, 0.6) is 5.75 Å². The lowest BCUT2D eigenvalue weighted by atomic mass is 10.0. The molecule has 1 aromatic carbocycles. The third kappa shape index (κ3) is 6.20. The van der Waals surface area contributed by atoms with Gasteiger partial charge in [0.15, 0.2) is 0 Å². The van der Waals surface area contributed by atoms with Crippen molar-refractivity contribution in [3.05, 3.63) is 83.2 Å². The SMILES string of the molecule is C=C/C(=C\N=C)CNC(=O)/C=C/C1Cc2cc(-c3ccc(C(=O)N4CCOCC4(C)C)cn3)cc(Cl)c2O1. The fourth-order valence-electron chi connectivity index (χ4n) is 4.41. The number of amides is 2. The minimum atomic E-state index is -0.373. The number of carbonyl (C=O) groups excluding carboxylic acids is 2. The summed E-state index contributed by atoms with van der Waals surface area (Å²) in [5, 5.41) is 3.23. The van der Waals surface area contributed by atoms with Crippen molar-refractivity contribution in [1.29, 1.82) is 0 Å². The van der Waals surface area contributed by atoms with Crippen LogP contribution in [0.4, 0.5) is 0 Å². The number of pyridine rings is 1. The minimum Gasteiger partial charge on any atom is -0.484 e. The van der Waals surface area contributed by atoms with Gasteiger partial charge in [-0.15, -0.1) is 0 Å². The van der Waals surface area contributed by atoms with Gasteiger partial charge < -0.3 is 19.7 Å². The van der Waals surface area contributed by atoms with E-state index in [1.54, 1.807) is 36.7 Å². The molecule has 1 N–H and O–H groups in total. The summed E-state index contributed by atoms with van der Waals surface area (Å²) >= 11 is 6.54. The first-order chi connectivity index (χ1) is 18.2. The lowest BCUT2D eigenvalue weighted by Gasteiger charge is -2.42. The standard InChI is InChI=1S/C29H31ClN4O4/c1-5-19(15-31-4)16-33-26(35)9-7-23-13-22-12-21(14-24(30)27(22)38-23)25-8-6-20(17-32-25)28(36)34-10-11-37-18-29(34,2)3/h5-9,12,14-15,17,23H,1,4,10-11,13,16,18H2,2-3H3,(H,33,35)/b9-7+,19-15+. The fourth-order valence-corrected chi connectivity index (χ4v) is 4.69. The van der Waals surface area contributed by atoms with Crippen LogP contribution in [0.15, 0.2) is 72.0 Å². The second-order valence-corrected chi connectivity index (χ2v) is 10.1. The Bertz CT molecular complexity index is 1300. The Labute approximate surface area is 227 Å². The number of nitrogens with zero attached hydrogens (tertiary/aromatic N) is 3. The molecule has 0 spiro atoms. The molecule has 2 aliphatic heterocycles. The summed E-state index contributed by atoms with van der Waals surface area (Å²) in [5.41, 5.74) is 3.35. The number of halogens is 1. The molecule has 8 nitrogen and oxygen atoms in total. The number of rotatable bonds is 8. The monoisotopic (exact) mass is 534 g/mol. The molecule has 2 aliphatic rings. The van der Waals surface area contributed by atoms with E-state index in [-0.39, 0.29) is 23.5 Å². The molecule has 1 atom stereocenters. The summed E-state index contributed by atoms with van der Waals surface area (Å²) in [6, 6.07) is 7.39. The molecule has 1 fully saturated rings. The van der Waals surface area contributed by atoms with Crippen molar-refractivity contribution in [2.45, 2.75) is 31.9 Å². The summed E-state index contributed by atoms with van der Waals surface area (Å²) in [5.74, 6) is 0.277. The lowest BCUT2D eigenvalue weighted by molar-refractivity contribution is -0.116. The highest BCUT2D eigenvalue weighted by Gasteiger charge is 2.34. The number of benzene rings is 1. The molecule has 2 aromatic rings. The first-order valence-corrected chi connectivity index (χ1v) is 12.7. The van der Waals surface area contributed by atoms with Gasteiger partial charge in [-0.25, -0.2) is 0 Å². The fraction of sp³-hybridized carbons (Fsp3) is 0.310. The zero-order valence-corrected chi connectivity index (χ0v) is 22.3. The molecule has 38 heavy (non-hydrogen) atoms. The highest BCUT2D eigenvalue weighted by Crippen LogP contribution is 2.39. The number of hydrogen-bond donors (Lipinski definition) is 1. The average molecular weight is 535 g/mol. The Hall–Kier alpha value is -3.75. The van der Waals surface area contributed by atoms with Crippen LogP contribution in [0.3, 0.4) is 0 Å². The normalized spacial score (nSPS) is 18.6. The van der Waals surface area contributed by atoms with E-state index in [0.717, 1.165) is 16.7 Å². The molecule has 0 aliphatic carbocycles. The van der Waals surface area contributed by atoms with Crippen molar-refractivity contribution in [2.75, 3.05) is 26.3 Å². The maximum atomic E-state index is 13.1. The Kier molecular flexibility index (Phi) is 8.44. The number of aromatic nitrogens is 1. The average Bonchev–Trinajstić information content (AvgIpc) is 3.33. The Morgan fingerprint density at radius 2 is 2.16 bits per heavy atom. The number of ether oxygens (including phenoxy) is 2. The maximum Gasteiger partial charge on any atom is 0.256 e. The lowest BCUT2D eigenvalue weighted by Crippen LogP contribution is -2.55. The molecule has 1 aromatic heterocycles. The van der Waals surface area contributed by atoms with Crippen LogP contribution in [0.1, 0.15) is 29.8 Å². The van der Waals surface area contributed by atoms with Crippen molar-refractivity contribution in [3.63, 3.8) is 0 Å². The molecular formula is C29H31ClN4O4. The molecule has 2 amide bonds. The largest absolute Gasteiger partial charge is 0.484 e. The smallest absolute Gasteiger partial charge is 0.256 e. The zero-order chi connectivity index (χ0) is 27.3. The van der Waals surface area contributed by atoms with Crippen LogP contribution in [0.2, 0.25) is 5.02 Å². The Morgan fingerprint density at radius 1 is 1.34 bits per heavy atom. The number of fused-ring (bicyclic) bond motifs is 1. The van der Waals surface area contributed by atoms with Gasteiger partial charge in [0.1, 0.15) is 11.9 Å². The molecular weight excluding hydrogens is 504 g/mol. The van der Waals surface area contributed by atoms with E-state index in [2.05, 4.69) is 28.6 Å². The van der Waals surface area contributed by atoms with Gasteiger partial charge in [0, 0.05) is 49.1 Å². The minimum absolute atomic E-state index is 0.0643. The van der Waals surface area contributed by atoms with E-state index < -0.39 is 0 Å². The molecule has 9 heteroatoms. The van der Waals surface area contributed by atoms with Crippen molar-refractivity contribution in [1.82, 2.24) is 15.2 Å². The molecule has 1 unspecified atom stereocenters. The van der Waals surface area contributed by atoms with Gasteiger partial charge in [-0.05, 0) is 56.5 Å². The molecule has 1 saturated heterocycles. The first kappa shape index (κ1) is 27.3. The van der Waals surface area contributed by atoms with E-state index in [1.165, 1.54) is 6.08 Å². The van der Waals surface area contributed by atoms with Gasteiger partial charge >= 0.3 is 0 Å². The summed E-state index contributed by atoms with van der Waals surface area (Å²) in [6.45, 7) is 12.9. The maximum absolute atomic E-state index is 13.1. The quantitative estimate of drug-likeness (QED) is 0.308. The van der Waals surface area contributed by atoms with Gasteiger partial charge in [0.2, 0.25) is 5.91 Å². The van der Waals surface area contributed by atoms with Crippen LogP contribution in [0.25, 0.3) is 11.3 Å². The molecule has 0 radical (unpaired) electrons. The van der Waals surface area contributed by atoms with E-state index in [9.17, 15) is 9.59 Å². The molecule has 198 valence electrons. The third-order valence-corrected chi connectivity index (χ3v) is 6.74. The molecule has 0 bridgehead atoms. The topological polar surface area (TPSA) is 93.1 Å². The van der Waals surface area contributed by atoms with Crippen molar-refractivity contribution in [3.8, 4) is 17.0 Å². The Balaban J connectivity index is 1.42. The van der Waals surface area contributed by atoms with Gasteiger partial charge in [-0.1, -0.05) is 24.3 Å². The van der Waals surface area contributed by atoms with Gasteiger partial charge in [-0.2, -0.15) is 0 Å². The number of hydrogen-bond acceptors (Lipinski definition) is 6. The van der Waals surface area contributed by atoms with Crippen molar-refractivity contribution < 1.29 is 19.1 Å². The molecule has 3 heterocycles. The molecule has 0 saturated carbocycles.